The lowest BCUT2D eigenvalue weighted by atomic mass is 9.70. The number of rotatable bonds is 1. The van der Waals surface area contributed by atoms with Crippen LogP contribution in [0.5, 0.6) is 0 Å². The van der Waals surface area contributed by atoms with Crippen molar-refractivity contribution < 1.29 is 9.47 Å². The molecule has 2 nitrogen and oxygen atoms in total. The molecule has 2 aliphatic heterocycles. The third kappa shape index (κ3) is 3.01. The van der Waals surface area contributed by atoms with E-state index >= 15 is 0 Å². The minimum atomic E-state index is 0.00710. The zero-order valence-electron chi connectivity index (χ0n) is 12.1. The van der Waals surface area contributed by atoms with E-state index < -0.39 is 0 Å². The minimum Gasteiger partial charge on any atom is -0.378 e. The van der Waals surface area contributed by atoms with E-state index in [2.05, 4.69) is 19.9 Å². The second-order valence-corrected chi connectivity index (χ2v) is 7.89. The third-order valence-electron chi connectivity index (χ3n) is 4.91. The Morgan fingerprint density at radius 3 is 2.79 bits per heavy atom. The van der Waals surface area contributed by atoms with Crippen LogP contribution in [0.2, 0.25) is 0 Å². The van der Waals surface area contributed by atoms with Gasteiger partial charge in [0.05, 0.1) is 17.6 Å². The Morgan fingerprint density at radius 2 is 2.11 bits per heavy atom. The van der Waals surface area contributed by atoms with E-state index in [9.17, 15) is 0 Å². The number of halogens is 1. The molecule has 0 amide bonds. The van der Waals surface area contributed by atoms with Crippen molar-refractivity contribution in [3.63, 3.8) is 0 Å². The van der Waals surface area contributed by atoms with E-state index in [1.54, 1.807) is 5.57 Å². The average molecular weight is 285 g/mol. The number of ether oxygens (including phenoxy) is 2. The average Bonchev–Trinajstić information content (AvgIpc) is 2.75. The molecule has 3 unspecified atom stereocenters. The molecule has 0 saturated carbocycles. The van der Waals surface area contributed by atoms with Crippen molar-refractivity contribution in [1.82, 2.24) is 0 Å². The van der Waals surface area contributed by atoms with Crippen molar-refractivity contribution in [1.29, 1.82) is 0 Å². The van der Waals surface area contributed by atoms with E-state index in [0.29, 0.717) is 11.3 Å². The van der Waals surface area contributed by atoms with Crippen molar-refractivity contribution in [2.75, 3.05) is 19.8 Å². The van der Waals surface area contributed by atoms with Crippen LogP contribution >= 0.6 is 11.6 Å². The molecule has 3 atom stereocenters. The van der Waals surface area contributed by atoms with E-state index in [1.807, 2.05) is 0 Å². The van der Waals surface area contributed by atoms with Gasteiger partial charge in [-0.25, -0.2) is 0 Å². The van der Waals surface area contributed by atoms with Crippen LogP contribution in [0.4, 0.5) is 0 Å². The van der Waals surface area contributed by atoms with E-state index in [4.69, 9.17) is 21.1 Å². The zero-order chi connectivity index (χ0) is 13.5. The van der Waals surface area contributed by atoms with Crippen molar-refractivity contribution in [3.8, 4) is 0 Å². The van der Waals surface area contributed by atoms with Crippen molar-refractivity contribution in [2.45, 2.75) is 56.9 Å². The first kappa shape index (κ1) is 13.9. The number of alkyl halides is 1. The zero-order valence-corrected chi connectivity index (χ0v) is 12.8. The fourth-order valence-electron chi connectivity index (χ4n) is 3.99. The molecule has 0 N–H and O–H groups in total. The summed E-state index contributed by atoms with van der Waals surface area (Å²) in [6.45, 7) is 7.19. The Bertz CT molecular complexity index is 369. The van der Waals surface area contributed by atoms with Gasteiger partial charge in [-0.15, -0.1) is 11.6 Å². The smallest absolute Gasteiger partial charge is 0.0942 e. The van der Waals surface area contributed by atoms with Gasteiger partial charge in [0, 0.05) is 19.6 Å². The minimum absolute atomic E-state index is 0.00710. The monoisotopic (exact) mass is 284 g/mol. The Balaban J connectivity index is 1.74. The summed E-state index contributed by atoms with van der Waals surface area (Å²) in [7, 11) is 0. The van der Waals surface area contributed by atoms with Gasteiger partial charge in [-0.05, 0) is 37.0 Å². The van der Waals surface area contributed by atoms with Crippen LogP contribution in [0, 0.1) is 11.3 Å². The molecule has 3 heteroatoms. The molecule has 0 radical (unpaired) electrons. The summed E-state index contributed by atoms with van der Waals surface area (Å²) in [5, 5.41) is 0.206. The molecule has 2 saturated heterocycles. The summed E-state index contributed by atoms with van der Waals surface area (Å²) in [4.78, 5) is 0. The lowest BCUT2D eigenvalue weighted by Crippen LogP contribution is -2.41. The van der Waals surface area contributed by atoms with Crippen molar-refractivity contribution in [2.24, 2.45) is 11.3 Å². The SMILES string of the molecule is CC1(C)CC(C2CCOC3(CCOC3)C2)=CC(Cl)C1. The summed E-state index contributed by atoms with van der Waals surface area (Å²) in [6, 6.07) is 0. The number of allylic oxidation sites excluding steroid dienone is 2. The van der Waals surface area contributed by atoms with Gasteiger partial charge in [0.25, 0.3) is 0 Å². The van der Waals surface area contributed by atoms with Gasteiger partial charge in [0.1, 0.15) is 0 Å². The van der Waals surface area contributed by atoms with Gasteiger partial charge in [0.2, 0.25) is 0 Å². The molecule has 0 bridgehead atoms. The Labute approximate surface area is 121 Å². The molecule has 0 aromatic carbocycles. The molecule has 19 heavy (non-hydrogen) atoms. The highest BCUT2D eigenvalue weighted by Crippen LogP contribution is 2.45. The normalized spacial score (nSPS) is 42.4. The standard InChI is InChI=1S/C16H25ClO2/c1-15(2)8-13(7-14(17)10-15)12-3-5-19-16(9-12)4-6-18-11-16/h7,12,14H,3-6,8-11H2,1-2H3. The van der Waals surface area contributed by atoms with Crippen LogP contribution in [-0.2, 0) is 9.47 Å². The first-order chi connectivity index (χ1) is 8.98. The summed E-state index contributed by atoms with van der Waals surface area (Å²) in [5.41, 5.74) is 1.92. The second kappa shape index (κ2) is 5.05. The van der Waals surface area contributed by atoms with Gasteiger partial charge in [-0.3, -0.25) is 0 Å². The van der Waals surface area contributed by atoms with Crippen LogP contribution in [0.1, 0.15) is 46.0 Å². The van der Waals surface area contributed by atoms with Gasteiger partial charge in [-0.1, -0.05) is 25.5 Å². The van der Waals surface area contributed by atoms with Gasteiger partial charge < -0.3 is 9.47 Å². The van der Waals surface area contributed by atoms with E-state index in [-0.39, 0.29) is 11.0 Å². The van der Waals surface area contributed by atoms with E-state index in [0.717, 1.165) is 45.5 Å². The predicted octanol–water partition coefficient (Wildman–Crippen LogP) is 3.93. The highest BCUT2D eigenvalue weighted by molar-refractivity contribution is 6.21. The Hall–Kier alpha value is -0.0500. The summed E-state index contributed by atoms with van der Waals surface area (Å²) >= 11 is 6.43. The number of hydrogen-bond donors (Lipinski definition) is 0. The maximum absolute atomic E-state index is 6.43. The summed E-state index contributed by atoms with van der Waals surface area (Å²) < 4.78 is 11.6. The fourth-order valence-corrected chi connectivity index (χ4v) is 4.57. The highest BCUT2D eigenvalue weighted by atomic mass is 35.5. The second-order valence-electron chi connectivity index (χ2n) is 7.33. The first-order valence-electron chi connectivity index (χ1n) is 7.55. The van der Waals surface area contributed by atoms with Gasteiger partial charge in [-0.2, -0.15) is 0 Å². The first-order valence-corrected chi connectivity index (χ1v) is 7.98. The third-order valence-corrected chi connectivity index (χ3v) is 5.19. The molecule has 3 rings (SSSR count). The van der Waals surface area contributed by atoms with Crippen molar-refractivity contribution >= 4 is 11.6 Å². The van der Waals surface area contributed by atoms with Gasteiger partial charge >= 0.3 is 0 Å². The van der Waals surface area contributed by atoms with Crippen LogP contribution in [-0.4, -0.2) is 30.8 Å². The van der Waals surface area contributed by atoms with Crippen molar-refractivity contribution in [3.05, 3.63) is 11.6 Å². The molecule has 1 spiro atoms. The molecule has 2 heterocycles. The molecular weight excluding hydrogens is 260 g/mol. The maximum atomic E-state index is 6.43. The largest absolute Gasteiger partial charge is 0.378 e. The lowest BCUT2D eigenvalue weighted by molar-refractivity contribution is -0.0934. The lowest BCUT2D eigenvalue weighted by Gasteiger charge is -2.41. The summed E-state index contributed by atoms with van der Waals surface area (Å²) in [5.74, 6) is 0.649. The molecular formula is C16H25ClO2. The topological polar surface area (TPSA) is 18.5 Å². The van der Waals surface area contributed by atoms with Gasteiger partial charge in [0.15, 0.2) is 0 Å². The number of hydrogen-bond acceptors (Lipinski definition) is 2. The molecule has 108 valence electrons. The molecule has 0 aromatic heterocycles. The van der Waals surface area contributed by atoms with Crippen LogP contribution in [0.15, 0.2) is 11.6 Å². The summed E-state index contributed by atoms with van der Waals surface area (Å²) in [6.07, 6.45) is 7.94. The Morgan fingerprint density at radius 1 is 1.26 bits per heavy atom. The fraction of sp³-hybridized carbons (Fsp3) is 0.875. The quantitative estimate of drug-likeness (QED) is 0.537. The highest BCUT2D eigenvalue weighted by Gasteiger charge is 2.43. The Kier molecular flexibility index (Phi) is 3.70. The van der Waals surface area contributed by atoms with Crippen LogP contribution in [0.25, 0.3) is 0 Å². The van der Waals surface area contributed by atoms with Crippen LogP contribution < -0.4 is 0 Å². The molecule has 2 fully saturated rings. The van der Waals surface area contributed by atoms with Crippen LogP contribution in [0.3, 0.4) is 0 Å². The molecule has 1 aliphatic carbocycles. The maximum Gasteiger partial charge on any atom is 0.0942 e. The predicted molar refractivity (Wildman–Crippen MR) is 77.6 cm³/mol. The molecule has 0 aromatic rings. The van der Waals surface area contributed by atoms with E-state index in [1.165, 1.54) is 6.42 Å². The molecule has 3 aliphatic rings.